The molecule has 3 N–H and O–H groups in total. The van der Waals surface area contributed by atoms with E-state index in [-0.39, 0.29) is 10.8 Å². The van der Waals surface area contributed by atoms with Crippen molar-refractivity contribution in [1.29, 1.82) is 0 Å². The number of sulfone groups is 1. The Bertz CT molecular complexity index is 2030. The van der Waals surface area contributed by atoms with Crippen LogP contribution in [0.15, 0.2) is 95.9 Å². The molecule has 2 heterocycles. The topological polar surface area (TPSA) is 143 Å². The SMILES string of the molecule is CC(=O)Nc1ccc(NC(=O)Nc2ccc(-c3nc(N4CCOCC4)c4ccc(-c5cccc(S(C)(=O)=O)c5)cc4n3)cc2)cc1. The maximum atomic E-state index is 12.6. The number of morpholine rings is 1. The summed E-state index contributed by atoms with van der Waals surface area (Å²) in [6.45, 7) is 4.01. The number of amides is 3. The number of carbonyl (C=O) groups excluding carboxylic acids is 2. The third kappa shape index (κ3) is 7.14. The zero-order valence-electron chi connectivity index (χ0n) is 25.3. The first kappa shape index (κ1) is 30.7. The van der Waals surface area contributed by atoms with Crippen LogP contribution in [0.2, 0.25) is 0 Å². The van der Waals surface area contributed by atoms with Crippen molar-refractivity contribution in [3.63, 3.8) is 0 Å². The van der Waals surface area contributed by atoms with Gasteiger partial charge in [0.05, 0.1) is 23.6 Å². The van der Waals surface area contributed by atoms with Crippen molar-refractivity contribution in [1.82, 2.24) is 9.97 Å². The van der Waals surface area contributed by atoms with Crippen LogP contribution in [0, 0.1) is 0 Å². The van der Waals surface area contributed by atoms with Gasteiger partial charge in [-0.3, -0.25) is 4.79 Å². The van der Waals surface area contributed by atoms with E-state index in [0.717, 1.165) is 33.4 Å². The van der Waals surface area contributed by atoms with E-state index in [9.17, 15) is 18.0 Å². The van der Waals surface area contributed by atoms with E-state index < -0.39 is 15.9 Å². The molecule has 1 aliphatic rings. The average molecular weight is 637 g/mol. The molecule has 234 valence electrons. The summed E-state index contributed by atoms with van der Waals surface area (Å²) in [5, 5.41) is 9.17. The van der Waals surface area contributed by atoms with Crippen LogP contribution in [-0.4, -0.2) is 62.9 Å². The van der Waals surface area contributed by atoms with Crippen LogP contribution in [-0.2, 0) is 19.4 Å². The Morgan fingerprint density at radius 1 is 0.739 bits per heavy atom. The second-order valence-corrected chi connectivity index (χ2v) is 12.9. The molecule has 12 heteroatoms. The summed E-state index contributed by atoms with van der Waals surface area (Å²) in [4.78, 5) is 36.2. The van der Waals surface area contributed by atoms with Gasteiger partial charge in [-0.1, -0.05) is 18.2 Å². The second kappa shape index (κ2) is 13.0. The lowest BCUT2D eigenvalue weighted by molar-refractivity contribution is -0.114. The van der Waals surface area contributed by atoms with E-state index in [1.165, 1.54) is 13.2 Å². The molecule has 6 rings (SSSR count). The molecule has 1 aliphatic heterocycles. The molecular weight excluding hydrogens is 604 g/mol. The molecule has 0 radical (unpaired) electrons. The third-order valence-corrected chi connectivity index (χ3v) is 8.56. The second-order valence-electron chi connectivity index (χ2n) is 10.9. The van der Waals surface area contributed by atoms with Crippen LogP contribution in [0.1, 0.15) is 6.92 Å². The zero-order chi connectivity index (χ0) is 32.3. The highest BCUT2D eigenvalue weighted by Crippen LogP contribution is 2.32. The number of rotatable bonds is 7. The lowest BCUT2D eigenvalue weighted by Crippen LogP contribution is -2.37. The number of benzene rings is 4. The fourth-order valence-electron chi connectivity index (χ4n) is 5.18. The Morgan fingerprint density at radius 3 is 1.96 bits per heavy atom. The summed E-state index contributed by atoms with van der Waals surface area (Å²) in [6.07, 6.45) is 1.20. The normalized spacial score (nSPS) is 13.3. The lowest BCUT2D eigenvalue weighted by Gasteiger charge is -2.29. The Kier molecular flexibility index (Phi) is 8.64. The van der Waals surface area contributed by atoms with Crippen LogP contribution in [0.4, 0.5) is 27.7 Å². The molecule has 0 aliphatic carbocycles. The van der Waals surface area contributed by atoms with Crippen molar-refractivity contribution in [3.8, 4) is 22.5 Å². The number of urea groups is 1. The molecule has 0 unspecified atom stereocenters. The van der Waals surface area contributed by atoms with Crippen LogP contribution in [0.5, 0.6) is 0 Å². The number of aromatic nitrogens is 2. The lowest BCUT2D eigenvalue weighted by atomic mass is 10.0. The molecule has 11 nitrogen and oxygen atoms in total. The van der Waals surface area contributed by atoms with Gasteiger partial charge >= 0.3 is 6.03 Å². The summed E-state index contributed by atoms with van der Waals surface area (Å²) < 4.78 is 29.9. The summed E-state index contributed by atoms with van der Waals surface area (Å²) >= 11 is 0. The molecule has 0 saturated carbocycles. The molecule has 46 heavy (non-hydrogen) atoms. The van der Waals surface area contributed by atoms with Crippen molar-refractivity contribution in [3.05, 3.63) is 91.0 Å². The van der Waals surface area contributed by atoms with E-state index in [1.54, 1.807) is 54.6 Å². The number of carbonyl (C=O) groups is 2. The van der Waals surface area contributed by atoms with Gasteiger partial charge in [0.25, 0.3) is 0 Å². The number of hydrogen-bond donors (Lipinski definition) is 3. The molecule has 0 spiro atoms. The van der Waals surface area contributed by atoms with Gasteiger partial charge in [-0.15, -0.1) is 0 Å². The first-order valence-corrected chi connectivity index (χ1v) is 16.5. The number of nitrogens with one attached hydrogen (secondary N) is 3. The molecule has 5 aromatic rings. The number of hydrogen-bond acceptors (Lipinski definition) is 8. The summed E-state index contributed by atoms with van der Waals surface area (Å²) in [5.41, 5.74) is 4.89. The molecule has 4 aromatic carbocycles. The van der Waals surface area contributed by atoms with Crippen molar-refractivity contribution in [2.24, 2.45) is 0 Å². The minimum atomic E-state index is -3.36. The summed E-state index contributed by atoms with van der Waals surface area (Å²) in [7, 11) is -3.36. The maximum absolute atomic E-state index is 12.6. The quantitative estimate of drug-likeness (QED) is 0.203. The largest absolute Gasteiger partial charge is 0.378 e. The van der Waals surface area contributed by atoms with E-state index in [0.29, 0.717) is 49.2 Å². The van der Waals surface area contributed by atoms with E-state index in [4.69, 9.17) is 14.7 Å². The fraction of sp³-hybridized carbons (Fsp3) is 0.176. The molecule has 3 amide bonds. The maximum Gasteiger partial charge on any atom is 0.323 e. The van der Waals surface area contributed by atoms with Crippen molar-refractivity contribution < 1.29 is 22.7 Å². The molecule has 0 atom stereocenters. The zero-order valence-corrected chi connectivity index (χ0v) is 26.1. The summed E-state index contributed by atoms with van der Waals surface area (Å²) in [6, 6.07) is 26.4. The highest BCUT2D eigenvalue weighted by Gasteiger charge is 2.19. The minimum absolute atomic E-state index is 0.171. The predicted octanol–water partition coefficient (Wildman–Crippen LogP) is 5.81. The van der Waals surface area contributed by atoms with Gasteiger partial charge in [-0.2, -0.15) is 0 Å². The fourth-order valence-corrected chi connectivity index (χ4v) is 5.85. The van der Waals surface area contributed by atoms with Crippen molar-refractivity contribution in [2.45, 2.75) is 11.8 Å². The van der Waals surface area contributed by atoms with Gasteiger partial charge in [0.1, 0.15) is 5.82 Å². The van der Waals surface area contributed by atoms with Crippen LogP contribution in [0.25, 0.3) is 33.4 Å². The van der Waals surface area contributed by atoms with Gasteiger partial charge in [0.15, 0.2) is 15.7 Å². The first-order valence-electron chi connectivity index (χ1n) is 14.6. The highest BCUT2D eigenvalue weighted by atomic mass is 32.2. The standard InChI is InChI=1S/C34H32N6O5S/c1-22(41)35-26-11-13-28(14-12-26)37-34(42)36-27-9-6-23(7-10-27)32-38-31-21-25(24-4-3-5-29(20-24)46(2,43)44)8-15-30(31)33(39-32)40-16-18-45-19-17-40/h3-15,20-21H,16-19H2,1-2H3,(H,35,41)(H2,36,37,42). The number of nitrogens with zero attached hydrogens (tertiary/aromatic N) is 3. The highest BCUT2D eigenvalue weighted by molar-refractivity contribution is 7.90. The monoisotopic (exact) mass is 636 g/mol. The number of fused-ring (bicyclic) bond motifs is 1. The third-order valence-electron chi connectivity index (χ3n) is 7.45. The van der Waals surface area contributed by atoms with Crippen molar-refractivity contribution >= 4 is 55.6 Å². The van der Waals surface area contributed by atoms with E-state index in [2.05, 4.69) is 20.9 Å². The first-order chi connectivity index (χ1) is 22.1. The Labute approximate surface area is 266 Å². The van der Waals surface area contributed by atoms with Gasteiger partial charge < -0.3 is 25.6 Å². The molecular formula is C34H32N6O5S. The number of ether oxygens (including phenoxy) is 1. The van der Waals surface area contributed by atoms with E-state index in [1.807, 2.05) is 36.4 Å². The Balaban J connectivity index is 1.27. The van der Waals surface area contributed by atoms with Crippen LogP contribution in [0.3, 0.4) is 0 Å². The Hall–Kier alpha value is -5.33. The Morgan fingerprint density at radius 2 is 1.33 bits per heavy atom. The van der Waals surface area contributed by atoms with E-state index >= 15 is 0 Å². The van der Waals surface area contributed by atoms with Gasteiger partial charge in [0, 0.05) is 54.3 Å². The minimum Gasteiger partial charge on any atom is -0.378 e. The predicted molar refractivity (Wildman–Crippen MR) is 180 cm³/mol. The molecule has 1 aromatic heterocycles. The van der Waals surface area contributed by atoms with Gasteiger partial charge in [0.2, 0.25) is 5.91 Å². The molecule has 0 bridgehead atoms. The number of anilines is 4. The smallest absolute Gasteiger partial charge is 0.323 e. The van der Waals surface area contributed by atoms with Crippen LogP contribution < -0.4 is 20.9 Å². The molecule has 1 saturated heterocycles. The summed E-state index contributed by atoms with van der Waals surface area (Å²) in [5.74, 6) is 1.15. The molecule has 1 fully saturated rings. The van der Waals surface area contributed by atoms with Gasteiger partial charge in [-0.25, -0.2) is 23.2 Å². The average Bonchev–Trinajstić information content (AvgIpc) is 3.05. The van der Waals surface area contributed by atoms with Crippen LogP contribution >= 0.6 is 0 Å². The van der Waals surface area contributed by atoms with Gasteiger partial charge in [-0.05, 0) is 83.9 Å². The van der Waals surface area contributed by atoms with Crippen molar-refractivity contribution in [2.75, 3.05) is 53.4 Å².